The van der Waals surface area contributed by atoms with Crippen LogP contribution in [0.4, 0.5) is 0 Å². The molecular weight excluding hydrogens is 300 g/mol. The molecule has 0 fully saturated rings. The van der Waals surface area contributed by atoms with Gasteiger partial charge in [0.15, 0.2) is 0 Å². The Morgan fingerprint density at radius 1 is 1.36 bits per heavy atom. The second kappa shape index (κ2) is 7.24. The van der Waals surface area contributed by atoms with E-state index >= 15 is 0 Å². The van der Waals surface area contributed by atoms with Gasteiger partial charge in [0.2, 0.25) is 15.9 Å². The summed E-state index contributed by atoms with van der Waals surface area (Å²) in [4.78, 5) is 4.60. The lowest BCUT2D eigenvalue weighted by Gasteiger charge is -2.22. The van der Waals surface area contributed by atoms with Crippen molar-refractivity contribution in [3.8, 4) is 0 Å². The summed E-state index contributed by atoms with van der Waals surface area (Å²) in [5, 5.41) is 0. The zero-order valence-corrected chi connectivity index (χ0v) is 14.1. The fourth-order valence-electron chi connectivity index (χ4n) is 2.47. The molecule has 0 saturated heterocycles. The zero-order valence-electron chi connectivity index (χ0n) is 13.3. The van der Waals surface area contributed by atoms with E-state index < -0.39 is 10.0 Å². The summed E-state index contributed by atoms with van der Waals surface area (Å²) in [5.74, 6) is 0.643. The maximum atomic E-state index is 11.6. The first-order valence-corrected chi connectivity index (χ1v) is 9.50. The molecule has 0 unspecified atom stereocenters. The van der Waals surface area contributed by atoms with E-state index in [0.29, 0.717) is 12.5 Å². The van der Waals surface area contributed by atoms with E-state index in [1.165, 1.54) is 11.8 Å². The van der Waals surface area contributed by atoms with Crippen LogP contribution >= 0.6 is 0 Å². The van der Waals surface area contributed by atoms with E-state index in [2.05, 4.69) is 21.8 Å². The minimum Gasteiger partial charge on any atom is -0.478 e. The van der Waals surface area contributed by atoms with Gasteiger partial charge in [0.05, 0.1) is 18.3 Å². The molecule has 1 aliphatic heterocycles. The molecule has 0 aliphatic carbocycles. The van der Waals surface area contributed by atoms with Crippen molar-refractivity contribution in [2.45, 2.75) is 38.8 Å². The molecular formula is C16H24N2O3S. The summed E-state index contributed by atoms with van der Waals surface area (Å²) in [6, 6.07) is 9.78. The van der Waals surface area contributed by atoms with Gasteiger partial charge in [-0.05, 0) is 17.9 Å². The van der Waals surface area contributed by atoms with Crippen molar-refractivity contribution in [3.05, 3.63) is 35.9 Å². The molecule has 22 heavy (non-hydrogen) atoms. The van der Waals surface area contributed by atoms with E-state index in [4.69, 9.17) is 4.74 Å². The third-order valence-electron chi connectivity index (χ3n) is 3.87. The van der Waals surface area contributed by atoms with Crippen LogP contribution in [0.3, 0.4) is 0 Å². The van der Waals surface area contributed by atoms with Crippen molar-refractivity contribution in [1.29, 1.82) is 0 Å². The van der Waals surface area contributed by atoms with E-state index in [9.17, 15) is 8.42 Å². The molecule has 1 aromatic carbocycles. The number of nitrogens with one attached hydrogen (secondary N) is 1. The number of nitrogens with zero attached hydrogens (tertiary/aromatic N) is 1. The lowest BCUT2D eigenvalue weighted by molar-refractivity contribution is 0.291. The molecule has 2 rings (SSSR count). The van der Waals surface area contributed by atoms with Gasteiger partial charge in [0.25, 0.3) is 0 Å². The maximum absolute atomic E-state index is 11.6. The Morgan fingerprint density at radius 2 is 2.05 bits per heavy atom. The summed E-state index contributed by atoms with van der Waals surface area (Å²) in [6.45, 7) is 4.53. The van der Waals surface area contributed by atoms with Gasteiger partial charge in [0, 0.05) is 0 Å². The second-order valence-corrected chi connectivity index (χ2v) is 7.66. The largest absolute Gasteiger partial charge is 0.478 e. The third-order valence-corrected chi connectivity index (χ3v) is 4.55. The predicted octanol–water partition coefficient (Wildman–Crippen LogP) is 1.99. The van der Waals surface area contributed by atoms with Gasteiger partial charge in [-0.15, -0.1) is 0 Å². The highest BCUT2D eigenvalue weighted by molar-refractivity contribution is 7.88. The molecule has 1 aromatic rings. The SMILES string of the molecule is CC[C@H](C)[C@H](NS(C)(=O)=O)C1=N[C@@H](Cc2ccccc2)CO1. The number of hydrogen-bond acceptors (Lipinski definition) is 4. The highest BCUT2D eigenvalue weighted by Crippen LogP contribution is 2.18. The fourth-order valence-corrected chi connectivity index (χ4v) is 3.27. The number of hydrogen-bond donors (Lipinski definition) is 1. The lowest BCUT2D eigenvalue weighted by atomic mass is 10.00. The molecule has 0 radical (unpaired) electrons. The Kier molecular flexibility index (Phi) is 5.58. The summed E-state index contributed by atoms with van der Waals surface area (Å²) >= 11 is 0. The van der Waals surface area contributed by atoms with Crippen molar-refractivity contribution in [2.24, 2.45) is 10.9 Å². The third kappa shape index (κ3) is 4.81. The highest BCUT2D eigenvalue weighted by Gasteiger charge is 2.31. The van der Waals surface area contributed by atoms with Crippen LogP contribution in [0.25, 0.3) is 0 Å². The van der Waals surface area contributed by atoms with Crippen molar-refractivity contribution < 1.29 is 13.2 Å². The van der Waals surface area contributed by atoms with Gasteiger partial charge < -0.3 is 4.74 Å². The maximum Gasteiger partial charge on any atom is 0.209 e. The Bertz CT molecular complexity index is 614. The van der Waals surface area contributed by atoms with Crippen LogP contribution in [0.5, 0.6) is 0 Å². The number of ether oxygens (including phenoxy) is 1. The van der Waals surface area contributed by atoms with Crippen LogP contribution in [0.2, 0.25) is 0 Å². The van der Waals surface area contributed by atoms with Gasteiger partial charge in [0.1, 0.15) is 6.61 Å². The van der Waals surface area contributed by atoms with Crippen molar-refractivity contribution >= 4 is 15.9 Å². The summed E-state index contributed by atoms with van der Waals surface area (Å²) in [5.41, 5.74) is 1.21. The number of rotatable bonds is 7. The van der Waals surface area contributed by atoms with Crippen LogP contribution in [0.1, 0.15) is 25.8 Å². The molecule has 6 heteroatoms. The fraction of sp³-hybridized carbons (Fsp3) is 0.562. The first kappa shape index (κ1) is 17.0. The molecule has 5 nitrogen and oxygen atoms in total. The topological polar surface area (TPSA) is 67.8 Å². The predicted molar refractivity (Wildman–Crippen MR) is 88.5 cm³/mol. The molecule has 0 spiro atoms. The molecule has 0 bridgehead atoms. The Balaban J connectivity index is 2.10. The van der Waals surface area contributed by atoms with Gasteiger partial charge >= 0.3 is 0 Å². The molecule has 1 aliphatic rings. The quantitative estimate of drug-likeness (QED) is 0.834. The minimum atomic E-state index is -3.30. The van der Waals surface area contributed by atoms with Gasteiger partial charge in [-0.1, -0.05) is 50.6 Å². The number of sulfonamides is 1. The molecule has 3 atom stereocenters. The zero-order chi connectivity index (χ0) is 16.2. The summed E-state index contributed by atoms with van der Waals surface area (Å²) in [6.07, 6.45) is 2.81. The van der Waals surface area contributed by atoms with Crippen LogP contribution < -0.4 is 4.72 Å². The Morgan fingerprint density at radius 3 is 2.64 bits per heavy atom. The molecule has 1 N–H and O–H groups in total. The first-order chi connectivity index (χ1) is 10.4. The van der Waals surface area contributed by atoms with Gasteiger partial charge in [-0.2, -0.15) is 0 Å². The minimum absolute atomic E-state index is 0.0466. The highest BCUT2D eigenvalue weighted by atomic mass is 32.2. The lowest BCUT2D eigenvalue weighted by Crippen LogP contribution is -2.44. The van der Waals surface area contributed by atoms with Gasteiger partial charge in [-0.25, -0.2) is 18.1 Å². The average molecular weight is 324 g/mol. The Labute approximate surface area is 132 Å². The van der Waals surface area contributed by atoms with E-state index in [-0.39, 0.29) is 18.0 Å². The van der Waals surface area contributed by atoms with Gasteiger partial charge in [-0.3, -0.25) is 0 Å². The average Bonchev–Trinajstić information content (AvgIpc) is 2.92. The second-order valence-electron chi connectivity index (χ2n) is 5.88. The van der Waals surface area contributed by atoms with Crippen molar-refractivity contribution in [1.82, 2.24) is 4.72 Å². The standard InChI is InChI=1S/C16H24N2O3S/c1-4-12(2)15(18-22(3,19)20)16-17-14(11-21-16)10-13-8-6-5-7-9-13/h5-9,12,14-15,18H,4,10-11H2,1-3H3/t12-,14-,15-/m0/s1. The molecule has 0 amide bonds. The monoisotopic (exact) mass is 324 g/mol. The van der Waals surface area contributed by atoms with Crippen LogP contribution in [-0.4, -0.2) is 39.3 Å². The smallest absolute Gasteiger partial charge is 0.209 e. The number of benzene rings is 1. The van der Waals surface area contributed by atoms with E-state index in [1.807, 2.05) is 32.0 Å². The Hall–Kier alpha value is -1.40. The van der Waals surface area contributed by atoms with Crippen LogP contribution in [0, 0.1) is 5.92 Å². The molecule has 122 valence electrons. The first-order valence-electron chi connectivity index (χ1n) is 7.60. The summed E-state index contributed by atoms with van der Waals surface area (Å²) in [7, 11) is -3.30. The number of aliphatic imine (C=N–C) groups is 1. The van der Waals surface area contributed by atoms with Crippen LogP contribution in [-0.2, 0) is 21.2 Å². The molecule has 0 saturated carbocycles. The van der Waals surface area contributed by atoms with Crippen molar-refractivity contribution in [2.75, 3.05) is 12.9 Å². The van der Waals surface area contributed by atoms with E-state index in [0.717, 1.165) is 12.8 Å². The van der Waals surface area contributed by atoms with Crippen molar-refractivity contribution in [3.63, 3.8) is 0 Å². The van der Waals surface area contributed by atoms with Crippen LogP contribution in [0.15, 0.2) is 35.3 Å². The normalized spacial score (nSPS) is 21.0. The van der Waals surface area contributed by atoms with E-state index in [1.54, 1.807) is 0 Å². The summed E-state index contributed by atoms with van der Waals surface area (Å²) < 4.78 is 31.5. The molecule has 1 heterocycles. The molecule has 0 aromatic heterocycles.